The number of rotatable bonds is 6. The fourth-order valence-corrected chi connectivity index (χ4v) is 3.35. The maximum Gasteiger partial charge on any atom is 0.161 e. The van der Waals surface area contributed by atoms with Gasteiger partial charge in [0.2, 0.25) is 0 Å². The van der Waals surface area contributed by atoms with Crippen LogP contribution >= 0.6 is 0 Å². The first-order valence-corrected chi connectivity index (χ1v) is 9.04. The third kappa shape index (κ3) is 4.29. The van der Waals surface area contributed by atoms with Crippen molar-refractivity contribution in [3.05, 3.63) is 53.6 Å². The Morgan fingerprint density at radius 2 is 1.58 bits per heavy atom. The standard InChI is InChI=1S/C21H28N2O3/c1-16-4-7-18(8-5-16)23-12-10-22(11-13-23)15-19(24)17-6-9-20(25-2)21(14-17)26-3/h4-9,14,19,24H,10-13,15H2,1-3H3/t19-/m1/s1. The Bertz CT molecular complexity index is 710. The Morgan fingerprint density at radius 1 is 0.923 bits per heavy atom. The molecular formula is C21H28N2O3. The zero-order chi connectivity index (χ0) is 18.5. The number of anilines is 1. The Hall–Kier alpha value is -2.24. The molecule has 1 N–H and O–H groups in total. The van der Waals surface area contributed by atoms with Gasteiger partial charge in [0.1, 0.15) is 0 Å². The molecule has 1 atom stereocenters. The van der Waals surface area contributed by atoms with Crippen LogP contribution in [0.1, 0.15) is 17.2 Å². The molecule has 2 aromatic rings. The molecule has 0 bridgehead atoms. The van der Waals surface area contributed by atoms with Crippen LogP contribution in [-0.4, -0.2) is 56.9 Å². The van der Waals surface area contributed by atoms with Crippen molar-refractivity contribution in [1.29, 1.82) is 0 Å². The average Bonchev–Trinajstić information content (AvgIpc) is 2.68. The summed E-state index contributed by atoms with van der Waals surface area (Å²) in [6.07, 6.45) is -0.541. The first kappa shape index (κ1) is 18.5. The van der Waals surface area contributed by atoms with Crippen LogP contribution in [0.5, 0.6) is 11.5 Å². The number of piperazine rings is 1. The molecule has 3 rings (SSSR count). The molecule has 0 amide bonds. The summed E-state index contributed by atoms with van der Waals surface area (Å²) >= 11 is 0. The minimum Gasteiger partial charge on any atom is -0.493 e. The van der Waals surface area contributed by atoms with Gasteiger partial charge in [-0.1, -0.05) is 23.8 Å². The van der Waals surface area contributed by atoms with E-state index in [1.165, 1.54) is 11.3 Å². The minimum absolute atomic E-state index is 0.541. The molecule has 1 aliphatic heterocycles. The highest BCUT2D eigenvalue weighted by Crippen LogP contribution is 2.30. The van der Waals surface area contributed by atoms with Gasteiger partial charge < -0.3 is 19.5 Å². The zero-order valence-electron chi connectivity index (χ0n) is 15.8. The molecule has 0 aliphatic carbocycles. The van der Waals surface area contributed by atoms with E-state index in [4.69, 9.17) is 9.47 Å². The number of β-amino-alcohol motifs (C(OH)–C–C–N with tert-alkyl or cyclic N) is 1. The normalized spacial score (nSPS) is 16.4. The van der Waals surface area contributed by atoms with E-state index in [9.17, 15) is 5.11 Å². The Labute approximate surface area is 155 Å². The van der Waals surface area contributed by atoms with Crippen LogP contribution in [0.3, 0.4) is 0 Å². The molecule has 5 nitrogen and oxygen atoms in total. The van der Waals surface area contributed by atoms with Gasteiger partial charge in [-0.2, -0.15) is 0 Å². The number of benzene rings is 2. The molecule has 5 heteroatoms. The van der Waals surface area contributed by atoms with Crippen LogP contribution < -0.4 is 14.4 Å². The van der Waals surface area contributed by atoms with Crippen LogP contribution in [-0.2, 0) is 0 Å². The van der Waals surface area contributed by atoms with Gasteiger partial charge in [-0.25, -0.2) is 0 Å². The summed E-state index contributed by atoms with van der Waals surface area (Å²) in [5, 5.41) is 10.6. The van der Waals surface area contributed by atoms with Gasteiger partial charge in [-0.15, -0.1) is 0 Å². The lowest BCUT2D eigenvalue weighted by Gasteiger charge is -2.37. The highest BCUT2D eigenvalue weighted by molar-refractivity contribution is 5.48. The molecular weight excluding hydrogens is 328 g/mol. The molecule has 0 spiro atoms. The van der Waals surface area contributed by atoms with E-state index in [2.05, 4.69) is 41.0 Å². The van der Waals surface area contributed by atoms with Crippen LogP contribution in [0.25, 0.3) is 0 Å². The van der Waals surface area contributed by atoms with Gasteiger partial charge in [-0.05, 0) is 36.8 Å². The molecule has 26 heavy (non-hydrogen) atoms. The number of ether oxygens (including phenoxy) is 2. The van der Waals surface area contributed by atoms with Crippen molar-refractivity contribution in [2.45, 2.75) is 13.0 Å². The van der Waals surface area contributed by atoms with Crippen molar-refractivity contribution in [3.8, 4) is 11.5 Å². The first-order valence-electron chi connectivity index (χ1n) is 9.04. The van der Waals surface area contributed by atoms with E-state index in [0.717, 1.165) is 31.7 Å². The van der Waals surface area contributed by atoms with E-state index in [1.54, 1.807) is 14.2 Å². The van der Waals surface area contributed by atoms with E-state index in [-0.39, 0.29) is 0 Å². The second-order valence-electron chi connectivity index (χ2n) is 6.75. The van der Waals surface area contributed by atoms with Gasteiger partial charge in [0.05, 0.1) is 20.3 Å². The van der Waals surface area contributed by atoms with Gasteiger partial charge in [0.15, 0.2) is 11.5 Å². The molecule has 0 unspecified atom stereocenters. The third-order valence-corrected chi connectivity index (χ3v) is 4.99. The summed E-state index contributed by atoms with van der Waals surface area (Å²) in [6, 6.07) is 14.3. The maximum absolute atomic E-state index is 10.6. The number of aryl methyl sites for hydroxylation is 1. The highest BCUT2D eigenvalue weighted by atomic mass is 16.5. The van der Waals surface area contributed by atoms with Gasteiger partial charge in [0.25, 0.3) is 0 Å². The maximum atomic E-state index is 10.6. The van der Waals surface area contributed by atoms with Crippen molar-refractivity contribution in [1.82, 2.24) is 4.90 Å². The molecule has 140 valence electrons. The lowest BCUT2D eigenvalue weighted by Crippen LogP contribution is -2.47. The van der Waals surface area contributed by atoms with Gasteiger partial charge in [0, 0.05) is 38.4 Å². The fourth-order valence-electron chi connectivity index (χ4n) is 3.35. The number of methoxy groups -OCH3 is 2. The lowest BCUT2D eigenvalue weighted by molar-refractivity contribution is 0.109. The van der Waals surface area contributed by atoms with Crippen molar-refractivity contribution >= 4 is 5.69 Å². The summed E-state index contributed by atoms with van der Waals surface area (Å²) < 4.78 is 10.6. The monoisotopic (exact) mass is 356 g/mol. The topological polar surface area (TPSA) is 45.2 Å². The smallest absolute Gasteiger partial charge is 0.161 e. The summed E-state index contributed by atoms with van der Waals surface area (Å²) in [6.45, 7) is 6.56. The molecule has 2 aromatic carbocycles. The third-order valence-electron chi connectivity index (χ3n) is 4.99. The van der Waals surface area contributed by atoms with Gasteiger partial charge >= 0.3 is 0 Å². The fraction of sp³-hybridized carbons (Fsp3) is 0.429. The van der Waals surface area contributed by atoms with E-state index in [1.807, 2.05) is 18.2 Å². The van der Waals surface area contributed by atoms with Crippen LogP contribution in [0.4, 0.5) is 5.69 Å². The molecule has 0 saturated carbocycles. The Morgan fingerprint density at radius 3 is 2.19 bits per heavy atom. The number of nitrogens with zero attached hydrogens (tertiary/aromatic N) is 2. The largest absolute Gasteiger partial charge is 0.493 e. The molecule has 0 aromatic heterocycles. The highest BCUT2D eigenvalue weighted by Gasteiger charge is 2.21. The molecule has 1 fully saturated rings. The van der Waals surface area contributed by atoms with Crippen LogP contribution in [0.2, 0.25) is 0 Å². The predicted molar refractivity (Wildman–Crippen MR) is 104 cm³/mol. The second-order valence-corrected chi connectivity index (χ2v) is 6.75. The van der Waals surface area contributed by atoms with E-state index in [0.29, 0.717) is 18.0 Å². The van der Waals surface area contributed by atoms with Crippen molar-refractivity contribution in [3.63, 3.8) is 0 Å². The first-order chi connectivity index (χ1) is 12.6. The molecule has 1 heterocycles. The van der Waals surface area contributed by atoms with Crippen LogP contribution in [0, 0.1) is 6.92 Å². The van der Waals surface area contributed by atoms with E-state index < -0.39 is 6.10 Å². The molecule has 1 aliphatic rings. The summed E-state index contributed by atoms with van der Waals surface area (Å²) in [7, 11) is 3.22. The number of hydrogen-bond acceptors (Lipinski definition) is 5. The van der Waals surface area contributed by atoms with E-state index >= 15 is 0 Å². The average molecular weight is 356 g/mol. The lowest BCUT2D eigenvalue weighted by atomic mass is 10.1. The van der Waals surface area contributed by atoms with Crippen LogP contribution in [0.15, 0.2) is 42.5 Å². The molecule has 0 radical (unpaired) electrons. The SMILES string of the molecule is COc1ccc([C@H](O)CN2CCN(c3ccc(C)cc3)CC2)cc1OC. The van der Waals surface area contributed by atoms with Crippen molar-refractivity contribution in [2.24, 2.45) is 0 Å². The predicted octanol–water partition coefficient (Wildman–Crippen LogP) is 2.87. The summed E-state index contributed by atoms with van der Waals surface area (Å²) in [4.78, 5) is 4.71. The molecule has 1 saturated heterocycles. The Balaban J connectivity index is 1.56. The van der Waals surface area contributed by atoms with Gasteiger partial charge in [-0.3, -0.25) is 4.90 Å². The van der Waals surface area contributed by atoms with Crippen molar-refractivity contribution in [2.75, 3.05) is 51.8 Å². The number of hydrogen-bond donors (Lipinski definition) is 1. The Kier molecular flexibility index (Phi) is 6.01. The summed E-state index contributed by atoms with van der Waals surface area (Å²) in [5.74, 6) is 1.32. The quantitative estimate of drug-likeness (QED) is 0.862. The zero-order valence-corrected chi connectivity index (χ0v) is 15.8. The summed E-state index contributed by atoms with van der Waals surface area (Å²) in [5.41, 5.74) is 3.41. The van der Waals surface area contributed by atoms with Crippen molar-refractivity contribution < 1.29 is 14.6 Å². The number of aliphatic hydroxyl groups excluding tert-OH is 1. The minimum atomic E-state index is -0.541. The second kappa shape index (κ2) is 8.43. The number of aliphatic hydroxyl groups is 1.